The van der Waals surface area contributed by atoms with Crippen LogP contribution in [0.5, 0.6) is 0 Å². The third kappa shape index (κ3) is 7.25. The molecule has 2 N–H and O–H groups in total. The molecule has 2 amide bonds. The summed E-state index contributed by atoms with van der Waals surface area (Å²) in [5, 5.41) is 11.6. The van der Waals surface area contributed by atoms with E-state index in [4.69, 9.17) is 9.72 Å². The quantitative estimate of drug-likeness (QED) is 0.170. The van der Waals surface area contributed by atoms with Crippen LogP contribution in [0, 0.1) is 0 Å². The van der Waals surface area contributed by atoms with Crippen LogP contribution < -0.4 is 10.9 Å². The van der Waals surface area contributed by atoms with Crippen molar-refractivity contribution in [3.8, 4) is 0 Å². The molecule has 2 heterocycles. The van der Waals surface area contributed by atoms with Crippen molar-refractivity contribution in [3.05, 3.63) is 116 Å². The van der Waals surface area contributed by atoms with Crippen LogP contribution in [-0.2, 0) is 28.0 Å². The molecule has 1 fully saturated rings. The molecule has 2 aromatic heterocycles. The van der Waals surface area contributed by atoms with Gasteiger partial charge in [0.1, 0.15) is 5.60 Å². The summed E-state index contributed by atoms with van der Waals surface area (Å²) in [6, 6.07) is 15.5. The second kappa shape index (κ2) is 13.7. The number of hydrogen-bond acceptors (Lipinski definition) is 6. The molecule has 2 aliphatic rings. The number of nitrogens with zero attached hydrogens (tertiary/aromatic N) is 3. The van der Waals surface area contributed by atoms with Gasteiger partial charge in [0.25, 0.3) is 5.56 Å². The molecule has 0 aliphatic heterocycles. The second-order valence-corrected chi connectivity index (χ2v) is 14.8. The van der Waals surface area contributed by atoms with Crippen LogP contribution in [0.2, 0.25) is 0 Å². The van der Waals surface area contributed by atoms with E-state index < -0.39 is 17.1 Å². The molecular formula is C39H42BrN5O4. The fourth-order valence-electron chi connectivity index (χ4n) is 6.80. The lowest BCUT2D eigenvalue weighted by molar-refractivity contribution is -0.136. The van der Waals surface area contributed by atoms with Gasteiger partial charge in [-0.1, -0.05) is 52.9 Å². The van der Waals surface area contributed by atoms with Crippen LogP contribution in [0.3, 0.4) is 0 Å². The van der Waals surface area contributed by atoms with Crippen molar-refractivity contribution in [2.75, 3.05) is 0 Å². The van der Waals surface area contributed by atoms with Gasteiger partial charge in [-0.15, -0.1) is 0 Å². The first-order chi connectivity index (χ1) is 23.4. The Morgan fingerprint density at radius 1 is 1.14 bits per heavy atom. The first-order valence-electron chi connectivity index (χ1n) is 16.7. The summed E-state index contributed by atoms with van der Waals surface area (Å²) in [5.41, 5.74) is 3.68. The Kier molecular flexibility index (Phi) is 9.62. The highest BCUT2D eigenvalue weighted by Crippen LogP contribution is 2.51. The molecule has 0 radical (unpaired) electrons. The predicted molar refractivity (Wildman–Crippen MR) is 196 cm³/mol. The van der Waals surface area contributed by atoms with Gasteiger partial charge in [0.15, 0.2) is 0 Å². The van der Waals surface area contributed by atoms with Crippen LogP contribution >= 0.6 is 15.9 Å². The number of rotatable bonds is 9. The Morgan fingerprint density at radius 2 is 1.92 bits per heavy atom. The zero-order valence-electron chi connectivity index (χ0n) is 28.4. The van der Waals surface area contributed by atoms with Crippen molar-refractivity contribution < 1.29 is 14.3 Å². The number of halogens is 1. The van der Waals surface area contributed by atoms with E-state index in [0.29, 0.717) is 35.9 Å². The molecule has 2 aromatic carbocycles. The third-order valence-corrected chi connectivity index (χ3v) is 10.1. The topological polar surface area (TPSA) is 117 Å². The van der Waals surface area contributed by atoms with Gasteiger partial charge in [0.05, 0.1) is 46.8 Å². The minimum atomic E-state index is -0.749. The van der Waals surface area contributed by atoms with Crippen LogP contribution in [0.1, 0.15) is 76.8 Å². The highest BCUT2D eigenvalue weighted by Gasteiger charge is 2.54. The number of aromatic nitrogens is 3. The van der Waals surface area contributed by atoms with Crippen molar-refractivity contribution in [3.63, 3.8) is 0 Å². The molecule has 0 spiro atoms. The van der Waals surface area contributed by atoms with E-state index in [9.17, 15) is 9.59 Å². The molecular weight excluding hydrogens is 682 g/mol. The molecule has 254 valence electrons. The zero-order chi connectivity index (χ0) is 34.9. The summed E-state index contributed by atoms with van der Waals surface area (Å²) in [6.45, 7) is 11.8. The zero-order valence-corrected chi connectivity index (χ0v) is 30.0. The highest BCUT2D eigenvalue weighted by atomic mass is 79.9. The van der Waals surface area contributed by atoms with E-state index >= 15 is 4.79 Å². The second-order valence-electron chi connectivity index (χ2n) is 14.0. The number of nitrogens with one attached hydrogen (secondary N) is 2. The van der Waals surface area contributed by atoms with Gasteiger partial charge in [-0.05, 0) is 113 Å². The summed E-state index contributed by atoms with van der Waals surface area (Å²) in [6.07, 6.45) is 9.41. The summed E-state index contributed by atoms with van der Waals surface area (Å²) < 4.78 is 6.37. The first kappa shape index (κ1) is 34.3. The SMILES string of the molecule is C=C/C=C\C1=C(C)C(N(Cc2ccc3c(Br)cccc3n2)C(=O)C2(c3ccc4c(=O)[nH]nc(CNC(=O)OC(C)(C)C)c4c3)CC2)CCC1. The van der Waals surface area contributed by atoms with Crippen molar-refractivity contribution in [2.24, 2.45) is 0 Å². The first-order valence-corrected chi connectivity index (χ1v) is 17.5. The van der Waals surface area contributed by atoms with Gasteiger partial charge >= 0.3 is 6.09 Å². The van der Waals surface area contributed by atoms with Gasteiger partial charge in [0, 0.05) is 15.2 Å². The fourth-order valence-corrected chi connectivity index (χ4v) is 7.28. The number of carbonyl (C=O) groups is 2. The standard InChI is InChI=1S/C39H42BrN5O4/c1-6-7-10-25-11-8-14-34(24(25)2)45(23-27-16-18-29-31(40)12-9-13-32(29)42-27)36(47)39(19-20-39)26-15-17-28-30(21-26)33(43-44-35(28)46)22-41-37(48)49-38(3,4)5/h6-7,9-10,12-13,15-18,21,34H,1,8,11,14,19-20,22-23H2,2-5H3,(H,41,48)(H,44,46)/b10-7-. The van der Waals surface area contributed by atoms with Crippen LogP contribution in [-0.4, -0.2) is 43.7 Å². The number of pyridine rings is 1. The monoisotopic (exact) mass is 723 g/mol. The lowest BCUT2D eigenvalue weighted by Crippen LogP contribution is -2.47. The Labute approximate surface area is 294 Å². The van der Waals surface area contributed by atoms with Gasteiger partial charge < -0.3 is 15.0 Å². The molecule has 1 saturated carbocycles. The van der Waals surface area contributed by atoms with Crippen LogP contribution in [0.15, 0.2) is 93.8 Å². The number of fused-ring (bicyclic) bond motifs is 2. The lowest BCUT2D eigenvalue weighted by atomic mass is 9.85. The Hall–Kier alpha value is -4.57. The molecule has 1 unspecified atom stereocenters. The minimum Gasteiger partial charge on any atom is -0.444 e. The summed E-state index contributed by atoms with van der Waals surface area (Å²) in [7, 11) is 0. The number of amides is 2. The molecule has 4 aromatic rings. The van der Waals surface area contributed by atoms with Crippen molar-refractivity contribution in [1.82, 2.24) is 25.4 Å². The largest absolute Gasteiger partial charge is 0.444 e. The van der Waals surface area contributed by atoms with Gasteiger partial charge in [-0.25, -0.2) is 9.89 Å². The molecule has 6 rings (SSSR count). The van der Waals surface area contributed by atoms with Crippen molar-refractivity contribution in [1.29, 1.82) is 0 Å². The summed E-state index contributed by atoms with van der Waals surface area (Å²) in [4.78, 5) is 47.3. The summed E-state index contributed by atoms with van der Waals surface area (Å²) >= 11 is 3.63. The van der Waals surface area contributed by atoms with E-state index in [2.05, 4.69) is 57.1 Å². The van der Waals surface area contributed by atoms with E-state index in [1.807, 2.05) is 47.4 Å². The minimum absolute atomic E-state index is 0.0486. The van der Waals surface area contributed by atoms with E-state index in [0.717, 1.165) is 45.9 Å². The number of ether oxygens (including phenoxy) is 1. The maximum Gasteiger partial charge on any atom is 0.407 e. The number of hydrogen-bond donors (Lipinski definition) is 2. The number of carbonyl (C=O) groups excluding carboxylic acids is 2. The average Bonchev–Trinajstić information content (AvgIpc) is 3.88. The molecule has 2 aliphatic carbocycles. The third-order valence-electron chi connectivity index (χ3n) is 9.45. The Bertz CT molecular complexity index is 2070. The normalized spacial score (nSPS) is 17.4. The average molecular weight is 725 g/mol. The smallest absolute Gasteiger partial charge is 0.407 e. The molecule has 9 nitrogen and oxygen atoms in total. The van der Waals surface area contributed by atoms with E-state index in [-0.39, 0.29) is 24.1 Å². The van der Waals surface area contributed by atoms with Crippen molar-refractivity contribution >= 4 is 49.6 Å². The number of allylic oxidation sites excluding steroid dienone is 4. The molecule has 10 heteroatoms. The number of aromatic amines is 1. The molecule has 0 saturated heterocycles. The van der Waals surface area contributed by atoms with Crippen LogP contribution in [0.25, 0.3) is 21.7 Å². The maximum atomic E-state index is 15.0. The molecule has 0 bridgehead atoms. The number of H-pyrrole nitrogens is 1. The Balaban J connectivity index is 1.38. The number of benzene rings is 2. The Morgan fingerprint density at radius 3 is 2.65 bits per heavy atom. The van der Waals surface area contributed by atoms with Gasteiger partial charge in [0.2, 0.25) is 5.91 Å². The predicted octanol–water partition coefficient (Wildman–Crippen LogP) is 7.93. The maximum absolute atomic E-state index is 15.0. The van der Waals surface area contributed by atoms with Crippen molar-refractivity contribution in [2.45, 2.75) is 89.9 Å². The van der Waals surface area contributed by atoms with E-state index in [1.165, 1.54) is 11.1 Å². The van der Waals surface area contributed by atoms with Crippen LogP contribution in [0.4, 0.5) is 4.79 Å². The summed E-state index contributed by atoms with van der Waals surface area (Å²) in [5.74, 6) is 0.0486. The fraction of sp³-hybridized carbons (Fsp3) is 0.359. The van der Waals surface area contributed by atoms with Gasteiger partial charge in [-0.3, -0.25) is 14.6 Å². The van der Waals surface area contributed by atoms with Gasteiger partial charge in [-0.2, -0.15) is 5.10 Å². The number of alkyl carbamates (subject to hydrolysis) is 1. The lowest BCUT2D eigenvalue weighted by Gasteiger charge is -2.38. The molecule has 49 heavy (non-hydrogen) atoms. The highest BCUT2D eigenvalue weighted by molar-refractivity contribution is 9.10. The molecule has 1 atom stereocenters. The van der Waals surface area contributed by atoms with E-state index in [1.54, 1.807) is 32.9 Å².